The largest absolute Gasteiger partial charge is 0.303 e. The van der Waals surface area contributed by atoms with Crippen LogP contribution in [0.15, 0.2) is 52.2 Å². The van der Waals surface area contributed by atoms with Gasteiger partial charge in [0, 0.05) is 23.6 Å². The number of rotatable bonds is 10. The first-order chi connectivity index (χ1) is 16.6. The molecule has 0 aliphatic carbocycles. The van der Waals surface area contributed by atoms with Gasteiger partial charge in [0.05, 0.1) is 16.9 Å². The summed E-state index contributed by atoms with van der Waals surface area (Å²) in [6, 6.07) is 13.7. The maximum atomic E-state index is 13.2. The van der Waals surface area contributed by atoms with E-state index in [1.54, 1.807) is 24.8 Å². The fourth-order valence-corrected chi connectivity index (χ4v) is 5.57. The van der Waals surface area contributed by atoms with Crippen molar-refractivity contribution in [3.8, 4) is 0 Å². The summed E-state index contributed by atoms with van der Waals surface area (Å²) in [5, 5.41) is 0.491. The Morgan fingerprint density at radius 1 is 1.03 bits per heavy atom. The van der Waals surface area contributed by atoms with E-state index in [0.29, 0.717) is 23.1 Å². The molecule has 1 saturated heterocycles. The van der Waals surface area contributed by atoms with Crippen LogP contribution in [-0.4, -0.2) is 40.1 Å². The number of carbonyl (C=O) groups is 2. The minimum absolute atomic E-state index is 0.222. The van der Waals surface area contributed by atoms with Crippen LogP contribution in [0.5, 0.6) is 0 Å². The predicted octanol–water partition coefficient (Wildman–Crippen LogP) is 4.70. The third-order valence-electron chi connectivity index (χ3n) is 6.41. The van der Waals surface area contributed by atoms with Gasteiger partial charge < -0.3 is 9.59 Å². The van der Waals surface area contributed by atoms with Crippen LogP contribution >= 0.6 is 11.8 Å². The number of hydrogen-bond donors (Lipinski definition) is 0. The van der Waals surface area contributed by atoms with E-state index >= 15 is 0 Å². The van der Waals surface area contributed by atoms with E-state index in [4.69, 9.17) is 4.98 Å². The van der Waals surface area contributed by atoms with Crippen LogP contribution in [0.1, 0.15) is 55.1 Å². The molecule has 1 aromatic heterocycles. The lowest BCUT2D eigenvalue weighted by molar-refractivity contribution is -0.111. The van der Waals surface area contributed by atoms with Crippen molar-refractivity contribution in [1.29, 1.82) is 0 Å². The fourth-order valence-electron chi connectivity index (χ4n) is 4.58. The molecule has 34 heavy (non-hydrogen) atoms. The minimum Gasteiger partial charge on any atom is -0.303 e. The summed E-state index contributed by atoms with van der Waals surface area (Å²) < 4.78 is 1.41. The molecule has 3 aromatic rings. The second kappa shape index (κ2) is 11.6. The molecule has 6 nitrogen and oxygen atoms in total. The molecule has 1 aliphatic heterocycles. The summed E-state index contributed by atoms with van der Waals surface area (Å²) in [6.45, 7) is 5.14. The summed E-state index contributed by atoms with van der Waals surface area (Å²) in [5.41, 5.74) is 2.99. The zero-order chi connectivity index (χ0) is 23.9. The summed E-state index contributed by atoms with van der Waals surface area (Å²) in [7, 11) is 0. The van der Waals surface area contributed by atoms with E-state index in [1.807, 2.05) is 12.1 Å². The fraction of sp³-hybridized carbons (Fsp3) is 0.407. The highest BCUT2D eigenvalue weighted by atomic mass is 32.2. The molecule has 4 rings (SSSR count). The Morgan fingerprint density at radius 2 is 1.76 bits per heavy atom. The molecule has 0 bridgehead atoms. The predicted molar refractivity (Wildman–Crippen MR) is 136 cm³/mol. The molecular formula is C27H31N3O3S. The van der Waals surface area contributed by atoms with Crippen molar-refractivity contribution < 1.29 is 9.59 Å². The summed E-state index contributed by atoms with van der Waals surface area (Å²) in [5.74, 6) is 1.26. The maximum absolute atomic E-state index is 13.2. The number of hydrogen-bond acceptors (Lipinski definition) is 6. The minimum atomic E-state index is -0.686. The highest BCUT2D eigenvalue weighted by molar-refractivity contribution is 7.98. The van der Waals surface area contributed by atoms with Crippen LogP contribution in [0, 0.1) is 6.92 Å². The Hall–Kier alpha value is -2.77. The Morgan fingerprint density at radius 3 is 2.47 bits per heavy atom. The first kappa shape index (κ1) is 24.4. The van der Waals surface area contributed by atoms with Crippen molar-refractivity contribution in [3.63, 3.8) is 0 Å². The lowest BCUT2D eigenvalue weighted by Gasteiger charge is -2.26. The zero-order valence-corrected chi connectivity index (χ0v) is 20.4. The van der Waals surface area contributed by atoms with Gasteiger partial charge >= 0.3 is 0 Å². The Bertz CT molecular complexity index is 1200. The van der Waals surface area contributed by atoms with Crippen molar-refractivity contribution in [1.82, 2.24) is 14.5 Å². The average Bonchev–Trinajstić information content (AvgIpc) is 2.86. The van der Waals surface area contributed by atoms with E-state index in [9.17, 15) is 14.4 Å². The molecule has 1 atom stereocenters. The van der Waals surface area contributed by atoms with Crippen molar-refractivity contribution in [2.24, 2.45) is 0 Å². The second-order valence-corrected chi connectivity index (χ2v) is 9.89. The SMILES string of the molecule is Cc1nc2c(SCc3ccc(CN4CCCCC4)cc3)cccc2c(=O)n1C(C=O)CCC=O. The van der Waals surface area contributed by atoms with Crippen LogP contribution in [-0.2, 0) is 21.9 Å². The number of aryl methyl sites for hydroxylation is 1. The lowest BCUT2D eigenvalue weighted by atomic mass is 10.1. The molecule has 2 heterocycles. The molecule has 0 amide bonds. The van der Waals surface area contributed by atoms with E-state index in [-0.39, 0.29) is 12.0 Å². The van der Waals surface area contributed by atoms with Crippen LogP contribution < -0.4 is 5.56 Å². The van der Waals surface area contributed by atoms with Crippen molar-refractivity contribution >= 4 is 35.2 Å². The van der Waals surface area contributed by atoms with Crippen LogP contribution in [0.25, 0.3) is 10.9 Å². The van der Waals surface area contributed by atoms with Gasteiger partial charge in [-0.05, 0) is 62.5 Å². The zero-order valence-electron chi connectivity index (χ0n) is 19.6. The van der Waals surface area contributed by atoms with E-state index in [0.717, 1.165) is 29.8 Å². The van der Waals surface area contributed by atoms with Gasteiger partial charge in [0.1, 0.15) is 18.4 Å². The number of para-hydroxylation sites is 1. The molecular weight excluding hydrogens is 446 g/mol. The first-order valence-electron chi connectivity index (χ1n) is 11.9. The van der Waals surface area contributed by atoms with Gasteiger partial charge in [0.2, 0.25) is 0 Å². The quantitative estimate of drug-likeness (QED) is 0.311. The van der Waals surface area contributed by atoms with Gasteiger partial charge in [-0.1, -0.05) is 36.8 Å². The van der Waals surface area contributed by atoms with Crippen LogP contribution in [0.3, 0.4) is 0 Å². The number of thioether (sulfide) groups is 1. The summed E-state index contributed by atoms with van der Waals surface area (Å²) >= 11 is 1.66. The van der Waals surface area contributed by atoms with E-state index < -0.39 is 6.04 Å². The third-order valence-corrected chi connectivity index (χ3v) is 7.53. The number of fused-ring (bicyclic) bond motifs is 1. The second-order valence-electron chi connectivity index (χ2n) is 8.88. The summed E-state index contributed by atoms with van der Waals surface area (Å²) in [4.78, 5) is 43.7. The van der Waals surface area contributed by atoms with Crippen molar-refractivity contribution in [3.05, 3.63) is 69.8 Å². The number of likely N-dealkylation sites (tertiary alicyclic amines) is 1. The molecule has 1 fully saturated rings. The average molecular weight is 478 g/mol. The number of benzene rings is 2. The normalized spacial score (nSPS) is 15.3. The van der Waals surface area contributed by atoms with Gasteiger partial charge in [-0.2, -0.15) is 0 Å². The number of carbonyl (C=O) groups excluding carboxylic acids is 2. The molecule has 1 unspecified atom stereocenters. The highest BCUT2D eigenvalue weighted by Crippen LogP contribution is 2.29. The molecule has 1 aliphatic rings. The van der Waals surface area contributed by atoms with E-state index in [1.165, 1.54) is 48.0 Å². The Kier molecular flexibility index (Phi) is 8.29. The standard InChI is InChI=1S/C27H31N3O3S/c1-20-28-26-24(27(33)30(20)23(18-32)7-6-16-31)8-5-9-25(26)34-19-22-12-10-21(11-13-22)17-29-14-3-2-4-15-29/h5,8-13,16,18,23H,2-4,6-7,14-15,17,19H2,1H3. The number of piperidine rings is 1. The molecule has 0 saturated carbocycles. The monoisotopic (exact) mass is 477 g/mol. The van der Waals surface area contributed by atoms with Gasteiger partial charge in [0.15, 0.2) is 0 Å². The third kappa shape index (κ3) is 5.65. The Balaban J connectivity index is 1.50. The Labute approximate surface area is 204 Å². The van der Waals surface area contributed by atoms with Crippen molar-refractivity contribution in [2.45, 2.75) is 62.3 Å². The van der Waals surface area contributed by atoms with Gasteiger partial charge in [0.25, 0.3) is 5.56 Å². The van der Waals surface area contributed by atoms with Gasteiger partial charge in [-0.15, -0.1) is 11.8 Å². The van der Waals surface area contributed by atoms with Crippen molar-refractivity contribution in [2.75, 3.05) is 13.1 Å². The molecule has 0 spiro atoms. The molecule has 7 heteroatoms. The number of aromatic nitrogens is 2. The topological polar surface area (TPSA) is 72.3 Å². The number of nitrogens with zero attached hydrogens (tertiary/aromatic N) is 3. The lowest BCUT2D eigenvalue weighted by Crippen LogP contribution is -2.29. The molecule has 0 radical (unpaired) electrons. The first-order valence-corrected chi connectivity index (χ1v) is 12.9. The highest BCUT2D eigenvalue weighted by Gasteiger charge is 2.18. The van der Waals surface area contributed by atoms with E-state index in [2.05, 4.69) is 29.2 Å². The van der Waals surface area contributed by atoms with Crippen LogP contribution in [0.2, 0.25) is 0 Å². The maximum Gasteiger partial charge on any atom is 0.262 e. The smallest absolute Gasteiger partial charge is 0.262 e. The number of aldehydes is 2. The molecule has 2 aromatic carbocycles. The molecule has 178 valence electrons. The van der Waals surface area contributed by atoms with Gasteiger partial charge in [-0.25, -0.2) is 4.98 Å². The molecule has 0 N–H and O–H groups in total. The van der Waals surface area contributed by atoms with Gasteiger partial charge in [-0.3, -0.25) is 14.3 Å². The van der Waals surface area contributed by atoms with Crippen LogP contribution in [0.4, 0.5) is 0 Å². The summed E-state index contributed by atoms with van der Waals surface area (Å²) in [6.07, 6.45) is 5.95.